The highest BCUT2D eigenvalue weighted by Gasteiger charge is 2.57. The second-order valence-electron chi connectivity index (χ2n) is 7.20. The Morgan fingerprint density at radius 3 is 2.16 bits per heavy atom. The van der Waals surface area contributed by atoms with E-state index in [-0.39, 0.29) is 11.4 Å². The lowest BCUT2D eigenvalue weighted by atomic mass is 10.0. The zero-order valence-electron chi connectivity index (χ0n) is 16.6. The molecule has 2 aromatic rings. The van der Waals surface area contributed by atoms with Gasteiger partial charge in [0.15, 0.2) is 11.8 Å². The van der Waals surface area contributed by atoms with E-state index in [0.717, 1.165) is 4.90 Å². The Labute approximate surface area is 181 Å². The Bertz CT molecular complexity index is 1050. The summed E-state index contributed by atoms with van der Waals surface area (Å²) in [6.07, 6.45) is -0.774. The summed E-state index contributed by atoms with van der Waals surface area (Å²) in [6, 6.07) is 17.1. The minimum atomic E-state index is -1.67. The van der Waals surface area contributed by atoms with Crippen LogP contribution in [-0.4, -0.2) is 49.2 Å². The molecule has 2 aliphatic heterocycles. The summed E-state index contributed by atoms with van der Waals surface area (Å²) >= 11 is 0. The third kappa shape index (κ3) is 3.84. The molecule has 1 saturated heterocycles. The molecule has 4 rings (SSSR count). The van der Waals surface area contributed by atoms with E-state index in [2.05, 4.69) is 5.32 Å². The third-order valence-corrected chi connectivity index (χ3v) is 6.67. The molecule has 9 heteroatoms. The number of carbonyl (C=O) groups excluding carboxylic acids is 3. The Morgan fingerprint density at radius 2 is 1.65 bits per heavy atom. The molecule has 2 N–H and O–H groups in total. The molecule has 2 amide bonds. The molecule has 0 aromatic heterocycles. The van der Waals surface area contributed by atoms with Crippen LogP contribution in [0, 0.1) is 0 Å². The highest BCUT2D eigenvalue weighted by molar-refractivity contribution is 7.86. The van der Waals surface area contributed by atoms with Gasteiger partial charge >= 0.3 is 5.97 Å². The van der Waals surface area contributed by atoms with E-state index in [1.165, 1.54) is 6.92 Å². The Hall–Kier alpha value is -3.46. The van der Waals surface area contributed by atoms with E-state index in [0.29, 0.717) is 11.1 Å². The predicted molar refractivity (Wildman–Crippen MR) is 112 cm³/mol. The van der Waals surface area contributed by atoms with Crippen LogP contribution >= 0.6 is 0 Å². The van der Waals surface area contributed by atoms with Crippen LogP contribution in [0.25, 0.3) is 0 Å². The van der Waals surface area contributed by atoms with Crippen LogP contribution in [0.15, 0.2) is 72.1 Å². The molecular weight excluding hydrogens is 420 g/mol. The molecular formula is C22H20N2O6S. The minimum Gasteiger partial charge on any atom is -0.509 e. The smallest absolute Gasteiger partial charge is 0.359 e. The Balaban J connectivity index is 1.65. The number of benzene rings is 2. The van der Waals surface area contributed by atoms with Crippen LogP contribution in [0.1, 0.15) is 24.2 Å². The first-order chi connectivity index (χ1) is 14.9. The van der Waals surface area contributed by atoms with Crippen LogP contribution in [0.4, 0.5) is 0 Å². The van der Waals surface area contributed by atoms with E-state index >= 15 is 0 Å². The quantitative estimate of drug-likeness (QED) is 0.539. The van der Waals surface area contributed by atoms with Crippen molar-refractivity contribution >= 4 is 28.6 Å². The lowest BCUT2D eigenvalue weighted by Gasteiger charge is -2.48. The number of rotatable bonds is 5. The summed E-state index contributed by atoms with van der Waals surface area (Å²) in [5, 5.41) is 11.9. The van der Waals surface area contributed by atoms with E-state index in [9.17, 15) is 23.7 Å². The fourth-order valence-corrected chi connectivity index (χ4v) is 5.22. The van der Waals surface area contributed by atoms with Crippen LogP contribution < -0.4 is 5.32 Å². The van der Waals surface area contributed by atoms with Gasteiger partial charge in [0.1, 0.15) is 17.2 Å². The van der Waals surface area contributed by atoms with Gasteiger partial charge in [0, 0.05) is 6.92 Å². The molecule has 0 saturated carbocycles. The standard InChI is InChI=1S/C22H20N2O6S/c1-13(25)23-17-20(27)24-18(16(26)12-31(29)21(17)24)22(28)30-19(14-8-4-2-5-9-14)15-10-6-3-7-11-15/h2-11,17,19,21,26H,12H2,1H3,(H,23,25)/t17?,21-,31?/m1/s1. The number of hydrogen-bond acceptors (Lipinski definition) is 6. The summed E-state index contributed by atoms with van der Waals surface area (Å²) in [7, 11) is -1.67. The first-order valence-electron chi connectivity index (χ1n) is 9.59. The number of aliphatic hydroxyl groups is 1. The van der Waals surface area contributed by atoms with Gasteiger partial charge in [-0.2, -0.15) is 0 Å². The van der Waals surface area contributed by atoms with E-state index in [4.69, 9.17) is 4.74 Å². The van der Waals surface area contributed by atoms with Gasteiger partial charge in [0.05, 0.1) is 16.6 Å². The number of nitrogens with one attached hydrogen (secondary N) is 1. The van der Waals surface area contributed by atoms with Crippen LogP contribution in [0.2, 0.25) is 0 Å². The SMILES string of the molecule is CC(=O)NC1C(=O)N2C(C(=O)OC(c3ccccc3)c3ccccc3)=C(O)CS(=O)[C@H]12. The second kappa shape index (κ2) is 8.35. The Morgan fingerprint density at radius 1 is 1.10 bits per heavy atom. The predicted octanol–water partition coefficient (Wildman–Crippen LogP) is 1.52. The number of ether oxygens (including phenoxy) is 1. The van der Waals surface area contributed by atoms with Crippen molar-refractivity contribution in [3.8, 4) is 0 Å². The van der Waals surface area contributed by atoms with Crippen molar-refractivity contribution in [2.45, 2.75) is 24.4 Å². The topological polar surface area (TPSA) is 113 Å². The van der Waals surface area contributed by atoms with Crippen molar-refractivity contribution in [3.05, 3.63) is 83.2 Å². The first kappa shape index (κ1) is 20.8. The van der Waals surface area contributed by atoms with Crippen molar-refractivity contribution in [2.75, 3.05) is 5.75 Å². The number of hydrogen-bond donors (Lipinski definition) is 2. The van der Waals surface area contributed by atoms with E-state index in [1.807, 2.05) is 36.4 Å². The fourth-order valence-electron chi connectivity index (χ4n) is 3.71. The summed E-state index contributed by atoms with van der Waals surface area (Å²) in [4.78, 5) is 38.0. The largest absolute Gasteiger partial charge is 0.509 e. The number of amides is 2. The normalized spacial score (nSPS) is 22.6. The van der Waals surface area contributed by atoms with Gasteiger partial charge in [-0.3, -0.25) is 18.7 Å². The van der Waals surface area contributed by atoms with Crippen LogP contribution in [-0.2, 0) is 29.9 Å². The molecule has 0 spiro atoms. The Kier molecular flexibility index (Phi) is 5.60. The maximum atomic E-state index is 13.1. The van der Waals surface area contributed by atoms with E-state index < -0.39 is 51.9 Å². The monoisotopic (exact) mass is 440 g/mol. The highest BCUT2D eigenvalue weighted by atomic mass is 32.2. The first-order valence-corrected chi connectivity index (χ1v) is 11.0. The molecule has 2 aromatic carbocycles. The molecule has 0 radical (unpaired) electrons. The number of nitrogens with zero attached hydrogens (tertiary/aromatic N) is 1. The molecule has 1 fully saturated rings. The summed E-state index contributed by atoms with van der Waals surface area (Å²) in [6.45, 7) is 1.24. The lowest BCUT2D eigenvalue weighted by molar-refractivity contribution is -0.155. The maximum absolute atomic E-state index is 13.1. The third-order valence-electron chi connectivity index (χ3n) is 5.09. The van der Waals surface area contributed by atoms with Gasteiger partial charge < -0.3 is 15.2 Å². The summed E-state index contributed by atoms with van der Waals surface area (Å²) < 4.78 is 18.2. The minimum absolute atomic E-state index is 0.309. The summed E-state index contributed by atoms with van der Waals surface area (Å²) in [5.41, 5.74) is 1.08. The molecule has 2 heterocycles. The van der Waals surface area contributed by atoms with E-state index in [1.54, 1.807) is 24.3 Å². The van der Waals surface area contributed by atoms with Crippen molar-refractivity contribution in [2.24, 2.45) is 0 Å². The number of esters is 1. The molecule has 3 atom stereocenters. The van der Waals surface area contributed by atoms with Gasteiger partial charge in [0.2, 0.25) is 5.91 Å². The molecule has 160 valence electrons. The zero-order chi connectivity index (χ0) is 22.1. The molecule has 8 nitrogen and oxygen atoms in total. The molecule has 0 bridgehead atoms. The van der Waals surface area contributed by atoms with Crippen molar-refractivity contribution in [1.29, 1.82) is 0 Å². The average Bonchev–Trinajstić information content (AvgIpc) is 2.76. The van der Waals surface area contributed by atoms with Crippen LogP contribution in [0.3, 0.4) is 0 Å². The zero-order valence-corrected chi connectivity index (χ0v) is 17.4. The van der Waals surface area contributed by atoms with Crippen molar-refractivity contribution < 1.29 is 28.4 Å². The van der Waals surface area contributed by atoms with Gasteiger partial charge in [-0.15, -0.1) is 0 Å². The van der Waals surface area contributed by atoms with Crippen LogP contribution in [0.5, 0.6) is 0 Å². The number of carbonyl (C=O) groups is 3. The maximum Gasteiger partial charge on any atom is 0.359 e. The van der Waals surface area contributed by atoms with Gasteiger partial charge in [-0.25, -0.2) is 4.79 Å². The number of β-lactam (4-membered cyclic amide) rings is 1. The average molecular weight is 440 g/mol. The molecule has 31 heavy (non-hydrogen) atoms. The fraction of sp³-hybridized carbons (Fsp3) is 0.227. The highest BCUT2D eigenvalue weighted by Crippen LogP contribution is 2.36. The van der Waals surface area contributed by atoms with Crippen molar-refractivity contribution in [1.82, 2.24) is 10.2 Å². The lowest BCUT2D eigenvalue weighted by Crippen LogP contribution is -2.73. The molecule has 0 aliphatic carbocycles. The summed E-state index contributed by atoms with van der Waals surface area (Å²) in [5.74, 6) is -2.77. The second-order valence-corrected chi connectivity index (χ2v) is 8.74. The van der Waals surface area contributed by atoms with Crippen molar-refractivity contribution in [3.63, 3.8) is 0 Å². The molecule has 2 aliphatic rings. The number of fused-ring (bicyclic) bond motifs is 1. The number of aliphatic hydroxyl groups excluding tert-OH is 1. The van der Waals surface area contributed by atoms with Gasteiger partial charge in [-0.1, -0.05) is 60.7 Å². The van der Waals surface area contributed by atoms with Gasteiger partial charge in [0.25, 0.3) is 5.91 Å². The van der Waals surface area contributed by atoms with Gasteiger partial charge in [-0.05, 0) is 11.1 Å². The molecule has 2 unspecified atom stereocenters.